The summed E-state index contributed by atoms with van der Waals surface area (Å²) in [6, 6.07) is -1.59. The van der Waals surface area contributed by atoms with Crippen molar-refractivity contribution in [2.45, 2.75) is 38.8 Å². The molecule has 116 valence electrons. The molecule has 1 aliphatic rings. The standard InChI is InChI=1S/C12H18N4O4S/c1-6(2)3-9-14-15-11(21-9)13-12(20)16-5-7(17)4-8(16)10(18)19/h6-8,17H,3-5H2,1-2H3,(H,18,19)(H,13,15,20). The number of hydrogen-bond acceptors (Lipinski definition) is 6. The van der Waals surface area contributed by atoms with Gasteiger partial charge in [0.05, 0.1) is 6.10 Å². The van der Waals surface area contributed by atoms with Gasteiger partial charge < -0.3 is 15.1 Å². The fourth-order valence-electron chi connectivity index (χ4n) is 2.17. The number of carboxylic acids is 1. The number of carbonyl (C=O) groups excluding carboxylic acids is 1. The van der Waals surface area contributed by atoms with Crippen molar-refractivity contribution in [1.82, 2.24) is 15.1 Å². The van der Waals surface area contributed by atoms with Crippen molar-refractivity contribution >= 4 is 28.5 Å². The number of aliphatic carboxylic acids is 1. The van der Waals surface area contributed by atoms with Gasteiger partial charge in [-0.05, 0) is 5.92 Å². The van der Waals surface area contributed by atoms with Gasteiger partial charge in [0, 0.05) is 19.4 Å². The lowest BCUT2D eigenvalue weighted by molar-refractivity contribution is -0.141. The summed E-state index contributed by atoms with van der Waals surface area (Å²) < 4.78 is 0. The number of likely N-dealkylation sites (tertiary alicyclic amines) is 1. The predicted molar refractivity (Wildman–Crippen MR) is 76.2 cm³/mol. The summed E-state index contributed by atoms with van der Waals surface area (Å²) >= 11 is 1.27. The monoisotopic (exact) mass is 314 g/mol. The van der Waals surface area contributed by atoms with Crippen LogP contribution in [0.4, 0.5) is 9.93 Å². The van der Waals surface area contributed by atoms with E-state index in [1.807, 2.05) is 0 Å². The molecule has 9 heteroatoms. The van der Waals surface area contributed by atoms with Crippen LogP contribution >= 0.6 is 11.3 Å². The maximum Gasteiger partial charge on any atom is 0.326 e. The van der Waals surface area contributed by atoms with Crippen LogP contribution in [-0.2, 0) is 11.2 Å². The molecule has 1 saturated heterocycles. The molecule has 21 heavy (non-hydrogen) atoms. The van der Waals surface area contributed by atoms with Crippen LogP contribution in [0.2, 0.25) is 0 Å². The molecule has 2 unspecified atom stereocenters. The van der Waals surface area contributed by atoms with E-state index in [1.54, 1.807) is 0 Å². The number of aliphatic hydroxyl groups excluding tert-OH is 1. The Morgan fingerprint density at radius 3 is 2.81 bits per heavy atom. The summed E-state index contributed by atoms with van der Waals surface area (Å²) in [5.41, 5.74) is 0. The van der Waals surface area contributed by atoms with E-state index >= 15 is 0 Å². The summed E-state index contributed by atoms with van der Waals surface area (Å²) in [5, 5.41) is 30.1. The highest BCUT2D eigenvalue weighted by atomic mass is 32.1. The minimum atomic E-state index is -1.13. The summed E-state index contributed by atoms with van der Waals surface area (Å²) in [6.07, 6.45) is -0.00618. The third-order valence-corrected chi connectivity index (χ3v) is 3.95. The Hall–Kier alpha value is -1.74. The second kappa shape index (κ2) is 6.35. The van der Waals surface area contributed by atoms with Crippen LogP contribution < -0.4 is 5.32 Å². The number of nitrogens with zero attached hydrogens (tertiary/aromatic N) is 3. The van der Waals surface area contributed by atoms with Gasteiger partial charge in [0.15, 0.2) is 0 Å². The van der Waals surface area contributed by atoms with E-state index < -0.39 is 24.1 Å². The fourth-order valence-corrected chi connectivity index (χ4v) is 3.11. The van der Waals surface area contributed by atoms with E-state index in [9.17, 15) is 14.7 Å². The zero-order valence-electron chi connectivity index (χ0n) is 11.8. The number of carboxylic acid groups (broad SMARTS) is 1. The van der Waals surface area contributed by atoms with E-state index in [0.29, 0.717) is 11.0 Å². The second-order valence-electron chi connectivity index (χ2n) is 5.42. The number of β-amino-alcohol motifs (C(OH)–C–C–N with tert-alkyl or cyclic N) is 1. The third kappa shape index (κ3) is 3.88. The number of aliphatic hydroxyl groups is 1. The van der Waals surface area contributed by atoms with Crippen molar-refractivity contribution in [2.75, 3.05) is 11.9 Å². The zero-order valence-corrected chi connectivity index (χ0v) is 12.6. The Balaban J connectivity index is 2.00. The van der Waals surface area contributed by atoms with Gasteiger partial charge in [-0.25, -0.2) is 9.59 Å². The maximum absolute atomic E-state index is 12.1. The van der Waals surface area contributed by atoms with Crippen molar-refractivity contribution in [3.8, 4) is 0 Å². The average molecular weight is 314 g/mol. The molecule has 8 nitrogen and oxygen atoms in total. The topological polar surface area (TPSA) is 116 Å². The molecule has 0 spiro atoms. The lowest BCUT2D eigenvalue weighted by Gasteiger charge is -2.20. The highest BCUT2D eigenvalue weighted by Gasteiger charge is 2.39. The van der Waals surface area contributed by atoms with E-state index in [1.165, 1.54) is 11.3 Å². The van der Waals surface area contributed by atoms with E-state index in [-0.39, 0.29) is 13.0 Å². The SMILES string of the molecule is CC(C)Cc1nnc(NC(=O)N2CC(O)CC2C(=O)O)s1. The fraction of sp³-hybridized carbons (Fsp3) is 0.667. The van der Waals surface area contributed by atoms with Gasteiger partial charge in [0.25, 0.3) is 0 Å². The van der Waals surface area contributed by atoms with Crippen molar-refractivity contribution in [3.63, 3.8) is 0 Å². The number of amides is 2. The molecule has 0 bridgehead atoms. The molecule has 2 atom stereocenters. The lowest BCUT2D eigenvalue weighted by atomic mass is 10.1. The first-order chi connectivity index (χ1) is 9.86. The molecule has 2 rings (SSSR count). The normalized spacial score (nSPS) is 21.8. The molecular formula is C12H18N4O4S. The van der Waals surface area contributed by atoms with Crippen molar-refractivity contribution in [1.29, 1.82) is 0 Å². The van der Waals surface area contributed by atoms with Crippen LogP contribution in [0.1, 0.15) is 25.3 Å². The number of anilines is 1. The molecule has 2 heterocycles. The summed E-state index contributed by atoms with van der Waals surface area (Å²) in [5.74, 6) is -0.689. The Kier molecular flexibility index (Phi) is 4.73. The molecule has 3 N–H and O–H groups in total. The highest BCUT2D eigenvalue weighted by molar-refractivity contribution is 7.15. The average Bonchev–Trinajstić information content (AvgIpc) is 2.95. The van der Waals surface area contributed by atoms with Gasteiger partial charge in [-0.3, -0.25) is 5.32 Å². The Morgan fingerprint density at radius 2 is 2.19 bits per heavy atom. The number of aromatic nitrogens is 2. The Labute approximate surface area is 125 Å². The predicted octanol–water partition coefficient (Wildman–Crippen LogP) is 0.788. The maximum atomic E-state index is 12.1. The van der Waals surface area contributed by atoms with Crippen LogP contribution in [0.5, 0.6) is 0 Å². The minimum Gasteiger partial charge on any atom is -0.480 e. The number of hydrogen-bond donors (Lipinski definition) is 3. The van der Waals surface area contributed by atoms with Gasteiger partial charge >= 0.3 is 12.0 Å². The molecule has 2 amide bonds. The first kappa shape index (κ1) is 15.6. The lowest BCUT2D eigenvalue weighted by Crippen LogP contribution is -2.43. The molecule has 0 aliphatic carbocycles. The van der Waals surface area contributed by atoms with Crippen LogP contribution in [0.3, 0.4) is 0 Å². The van der Waals surface area contributed by atoms with Gasteiger partial charge in [0.2, 0.25) is 5.13 Å². The first-order valence-corrected chi connectivity index (χ1v) is 7.49. The van der Waals surface area contributed by atoms with E-state index in [0.717, 1.165) is 16.3 Å². The van der Waals surface area contributed by atoms with Crippen LogP contribution in [0, 0.1) is 5.92 Å². The quantitative estimate of drug-likeness (QED) is 0.756. The van der Waals surface area contributed by atoms with Gasteiger partial charge in [0.1, 0.15) is 11.0 Å². The molecule has 0 radical (unpaired) electrons. The van der Waals surface area contributed by atoms with Gasteiger partial charge in [-0.2, -0.15) is 0 Å². The Morgan fingerprint density at radius 1 is 1.48 bits per heavy atom. The van der Waals surface area contributed by atoms with Crippen molar-refractivity contribution in [2.24, 2.45) is 5.92 Å². The largest absolute Gasteiger partial charge is 0.480 e. The number of urea groups is 1. The zero-order chi connectivity index (χ0) is 15.6. The number of carbonyl (C=O) groups is 2. The van der Waals surface area contributed by atoms with Gasteiger partial charge in [-0.1, -0.05) is 25.2 Å². The smallest absolute Gasteiger partial charge is 0.326 e. The summed E-state index contributed by atoms with van der Waals surface area (Å²) in [7, 11) is 0. The van der Waals surface area contributed by atoms with Crippen LogP contribution in [-0.4, -0.2) is 56.0 Å². The molecule has 1 aliphatic heterocycles. The molecule has 0 aromatic carbocycles. The van der Waals surface area contributed by atoms with E-state index in [4.69, 9.17) is 5.11 Å². The third-order valence-electron chi connectivity index (χ3n) is 3.09. The molecular weight excluding hydrogens is 296 g/mol. The van der Waals surface area contributed by atoms with Crippen molar-refractivity contribution < 1.29 is 19.8 Å². The summed E-state index contributed by atoms with van der Waals surface area (Å²) in [6.45, 7) is 4.12. The Bertz CT molecular complexity index is 533. The molecule has 0 saturated carbocycles. The molecule has 1 aromatic rings. The van der Waals surface area contributed by atoms with Crippen LogP contribution in [0.25, 0.3) is 0 Å². The van der Waals surface area contributed by atoms with E-state index in [2.05, 4.69) is 29.4 Å². The minimum absolute atomic E-state index is 0.000451. The number of rotatable bonds is 4. The van der Waals surface area contributed by atoms with Gasteiger partial charge in [-0.15, -0.1) is 10.2 Å². The number of nitrogens with one attached hydrogen (secondary N) is 1. The molecule has 1 aromatic heterocycles. The highest BCUT2D eigenvalue weighted by Crippen LogP contribution is 2.22. The summed E-state index contributed by atoms with van der Waals surface area (Å²) in [4.78, 5) is 24.3. The van der Waals surface area contributed by atoms with Crippen molar-refractivity contribution in [3.05, 3.63) is 5.01 Å². The van der Waals surface area contributed by atoms with Crippen LogP contribution in [0.15, 0.2) is 0 Å². The molecule has 1 fully saturated rings. The first-order valence-electron chi connectivity index (χ1n) is 6.67. The second-order valence-corrected chi connectivity index (χ2v) is 6.49.